The number of benzene rings is 1. The first-order chi connectivity index (χ1) is 7.56. The summed E-state index contributed by atoms with van der Waals surface area (Å²) in [7, 11) is 0. The van der Waals surface area contributed by atoms with E-state index in [0.717, 1.165) is 41.0 Å². The van der Waals surface area contributed by atoms with Crippen molar-refractivity contribution < 1.29 is 9.84 Å². The molecule has 0 fully saturated rings. The minimum Gasteiger partial charge on any atom is -0.507 e. The smallest absolute Gasteiger partial charge is 0.126 e. The van der Waals surface area contributed by atoms with Crippen molar-refractivity contribution in [1.29, 1.82) is 0 Å². The zero-order chi connectivity index (χ0) is 11.9. The van der Waals surface area contributed by atoms with E-state index in [4.69, 9.17) is 4.74 Å². The molecule has 2 nitrogen and oxygen atoms in total. The van der Waals surface area contributed by atoms with Crippen LogP contribution in [0.2, 0.25) is 0 Å². The molecular formula is C13H18O2S. The monoisotopic (exact) mass is 238 g/mol. The van der Waals surface area contributed by atoms with Gasteiger partial charge in [-0.15, -0.1) is 0 Å². The van der Waals surface area contributed by atoms with E-state index in [9.17, 15) is 5.11 Å². The molecule has 0 amide bonds. The van der Waals surface area contributed by atoms with E-state index >= 15 is 0 Å². The Bertz CT molecular complexity index is 390. The Kier molecular flexibility index (Phi) is 3.06. The Morgan fingerprint density at radius 1 is 1.25 bits per heavy atom. The second kappa shape index (κ2) is 4.21. The third-order valence-corrected chi connectivity index (χ3v) is 3.77. The van der Waals surface area contributed by atoms with Crippen molar-refractivity contribution in [3.8, 4) is 11.5 Å². The fourth-order valence-electron chi connectivity index (χ4n) is 2.31. The summed E-state index contributed by atoms with van der Waals surface area (Å²) in [6, 6.07) is 0. The molecule has 0 radical (unpaired) electrons. The summed E-state index contributed by atoms with van der Waals surface area (Å²) in [4.78, 5) is 0. The van der Waals surface area contributed by atoms with Gasteiger partial charge in [-0.3, -0.25) is 0 Å². The maximum atomic E-state index is 10.00. The topological polar surface area (TPSA) is 29.5 Å². The van der Waals surface area contributed by atoms with Gasteiger partial charge in [0.2, 0.25) is 0 Å². The van der Waals surface area contributed by atoms with E-state index in [1.807, 2.05) is 20.8 Å². The highest BCUT2D eigenvalue weighted by Crippen LogP contribution is 2.42. The van der Waals surface area contributed by atoms with E-state index in [-0.39, 0.29) is 6.10 Å². The van der Waals surface area contributed by atoms with Crippen molar-refractivity contribution in [2.75, 3.05) is 5.75 Å². The van der Waals surface area contributed by atoms with Gasteiger partial charge in [-0.2, -0.15) is 12.6 Å². The van der Waals surface area contributed by atoms with E-state index < -0.39 is 0 Å². The lowest BCUT2D eigenvalue weighted by molar-refractivity contribution is 0.228. The molecule has 0 unspecified atom stereocenters. The van der Waals surface area contributed by atoms with E-state index in [1.54, 1.807) is 0 Å². The number of phenolic OH excluding ortho intramolecular Hbond substituents is 1. The van der Waals surface area contributed by atoms with Gasteiger partial charge in [0.1, 0.15) is 17.6 Å². The minimum atomic E-state index is 0.228. The van der Waals surface area contributed by atoms with Crippen LogP contribution < -0.4 is 4.74 Å². The summed E-state index contributed by atoms with van der Waals surface area (Å²) >= 11 is 4.24. The van der Waals surface area contributed by atoms with Crippen molar-refractivity contribution in [2.24, 2.45) is 0 Å². The molecule has 1 aliphatic heterocycles. The van der Waals surface area contributed by atoms with E-state index in [0.29, 0.717) is 5.75 Å². The van der Waals surface area contributed by atoms with Crippen LogP contribution in [0.1, 0.15) is 28.7 Å². The molecule has 0 saturated carbocycles. The van der Waals surface area contributed by atoms with Crippen LogP contribution in [0, 0.1) is 20.8 Å². The molecule has 1 N–H and O–H groups in total. The fraction of sp³-hybridized carbons (Fsp3) is 0.538. The number of thiol groups is 1. The zero-order valence-electron chi connectivity index (χ0n) is 10.0. The summed E-state index contributed by atoms with van der Waals surface area (Å²) < 4.78 is 5.93. The average molecular weight is 238 g/mol. The van der Waals surface area contributed by atoms with Crippen molar-refractivity contribution in [2.45, 2.75) is 39.7 Å². The van der Waals surface area contributed by atoms with Gasteiger partial charge in [-0.05, 0) is 49.6 Å². The summed E-state index contributed by atoms with van der Waals surface area (Å²) in [5, 5.41) is 10.00. The molecule has 88 valence electrons. The predicted octanol–water partition coefficient (Wildman–Crippen LogP) is 2.94. The van der Waals surface area contributed by atoms with Gasteiger partial charge in [-0.1, -0.05) is 0 Å². The molecule has 1 aromatic carbocycles. The highest BCUT2D eigenvalue weighted by Gasteiger charge is 2.28. The van der Waals surface area contributed by atoms with Gasteiger partial charge in [0.25, 0.3) is 0 Å². The van der Waals surface area contributed by atoms with Crippen molar-refractivity contribution in [3.63, 3.8) is 0 Å². The van der Waals surface area contributed by atoms with Gasteiger partial charge < -0.3 is 9.84 Å². The Morgan fingerprint density at radius 3 is 2.56 bits per heavy atom. The lowest BCUT2D eigenvalue weighted by atomic mass is 9.96. The highest BCUT2D eigenvalue weighted by molar-refractivity contribution is 7.80. The molecule has 2 rings (SSSR count). The van der Waals surface area contributed by atoms with E-state index in [1.165, 1.54) is 5.56 Å². The molecule has 1 atom stereocenters. The van der Waals surface area contributed by atoms with Crippen LogP contribution in [0.3, 0.4) is 0 Å². The molecular weight excluding hydrogens is 220 g/mol. The molecule has 1 aliphatic rings. The zero-order valence-corrected chi connectivity index (χ0v) is 10.9. The normalized spacial score (nSPS) is 18.4. The summed E-state index contributed by atoms with van der Waals surface area (Å²) in [5.74, 6) is 2.24. The first-order valence-electron chi connectivity index (χ1n) is 5.65. The number of rotatable bonds is 2. The van der Waals surface area contributed by atoms with Crippen molar-refractivity contribution >= 4 is 12.6 Å². The predicted molar refractivity (Wildman–Crippen MR) is 68.9 cm³/mol. The average Bonchev–Trinajstić information content (AvgIpc) is 2.68. The number of fused-ring (bicyclic) bond motifs is 1. The Hall–Kier alpha value is -0.830. The van der Waals surface area contributed by atoms with Crippen LogP contribution in [-0.4, -0.2) is 17.0 Å². The number of ether oxygens (including phenoxy) is 1. The largest absolute Gasteiger partial charge is 0.507 e. The quantitative estimate of drug-likeness (QED) is 0.776. The van der Waals surface area contributed by atoms with Crippen LogP contribution >= 0.6 is 12.6 Å². The van der Waals surface area contributed by atoms with E-state index in [2.05, 4.69) is 12.6 Å². The summed E-state index contributed by atoms with van der Waals surface area (Å²) in [6.07, 6.45) is 2.08. The standard InChI is InChI=1S/C13H18O2S/c1-7-8(2)13-11(9(3)12(7)14)6-10(15-13)4-5-16/h10,14,16H,4-6H2,1-3H3/t10-/m1/s1. The summed E-state index contributed by atoms with van der Waals surface area (Å²) in [6.45, 7) is 5.91. The second-order valence-corrected chi connectivity index (χ2v) is 4.93. The molecule has 0 bridgehead atoms. The Labute approximate surface area is 102 Å². The van der Waals surface area contributed by atoms with Crippen LogP contribution in [0.4, 0.5) is 0 Å². The molecule has 0 saturated heterocycles. The lowest BCUT2D eigenvalue weighted by Crippen LogP contribution is -2.13. The molecule has 16 heavy (non-hydrogen) atoms. The number of hydrogen-bond acceptors (Lipinski definition) is 3. The third kappa shape index (κ3) is 1.67. The molecule has 0 spiro atoms. The van der Waals surface area contributed by atoms with Gasteiger partial charge in [-0.25, -0.2) is 0 Å². The molecule has 1 aromatic rings. The minimum absolute atomic E-state index is 0.228. The second-order valence-electron chi connectivity index (χ2n) is 4.49. The van der Waals surface area contributed by atoms with Gasteiger partial charge >= 0.3 is 0 Å². The lowest BCUT2D eigenvalue weighted by Gasteiger charge is -2.13. The Morgan fingerprint density at radius 2 is 1.94 bits per heavy atom. The molecule has 0 aromatic heterocycles. The first-order valence-corrected chi connectivity index (χ1v) is 6.28. The third-order valence-electron chi connectivity index (χ3n) is 3.51. The number of aromatic hydroxyl groups is 1. The molecule has 0 aliphatic carbocycles. The summed E-state index contributed by atoms with van der Waals surface area (Å²) in [5.41, 5.74) is 4.15. The number of phenols is 1. The molecule has 3 heteroatoms. The van der Waals surface area contributed by atoms with Crippen LogP contribution in [0.5, 0.6) is 11.5 Å². The van der Waals surface area contributed by atoms with Gasteiger partial charge in [0, 0.05) is 12.0 Å². The first kappa shape index (κ1) is 11.6. The van der Waals surface area contributed by atoms with Crippen LogP contribution in [0.25, 0.3) is 0 Å². The van der Waals surface area contributed by atoms with Crippen molar-refractivity contribution in [1.82, 2.24) is 0 Å². The number of hydrogen-bond donors (Lipinski definition) is 2. The van der Waals surface area contributed by atoms with Crippen molar-refractivity contribution in [3.05, 3.63) is 22.3 Å². The maximum Gasteiger partial charge on any atom is 0.126 e. The van der Waals surface area contributed by atoms with Gasteiger partial charge in [0.05, 0.1) is 0 Å². The SMILES string of the molecule is Cc1c(C)c2c(c(C)c1O)C[C@@H](CCS)O2. The van der Waals surface area contributed by atoms with Crippen LogP contribution in [0.15, 0.2) is 0 Å². The van der Waals surface area contributed by atoms with Gasteiger partial charge in [0.15, 0.2) is 0 Å². The Balaban J connectivity index is 2.45. The molecule has 1 heterocycles. The van der Waals surface area contributed by atoms with Crippen LogP contribution in [-0.2, 0) is 6.42 Å². The highest BCUT2D eigenvalue weighted by atomic mass is 32.1. The maximum absolute atomic E-state index is 10.00. The fourth-order valence-corrected chi connectivity index (χ4v) is 2.60.